The summed E-state index contributed by atoms with van der Waals surface area (Å²) in [7, 11) is 5.56. The maximum atomic E-state index is 12.3. The second kappa shape index (κ2) is 10.1. The van der Waals surface area contributed by atoms with Gasteiger partial charge in [0.2, 0.25) is 5.91 Å². The number of nitrogens with zero attached hydrogens (tertiary/aromatic N) is 6. The Morgan fingerprint density at radius 2 is 2.14 bits per heavy atom. The number of nitrogens with one attached hydrogen (secondary N) is 1. The monoisotopic (exact) mass is 403 g/mol. The van der Waals surface area contributed by atoms with E-state index in [4.69, 9.17) is 0 Å². The smallest absolute Gasteiger partial charge is 0.239 e. The molecular weight excluding hydrogens is 366 g/mol. The highest BCUT2D eigenvalue weighted by atomic mass is 16.2. The fourth-order valence-electron chi connectivity index (χ4n) is 4.58. The van der Waals surface area contributed by atoms with Crippen molar-refractivity contribution in [3.05, 3.63) is 18.7 Å². The van der Waals surface area contributed by atoms with Gasteiger partial charge >= 0.3 is 0 Å². The van der Waals surface area contributed by atoms with Crippen molar-refractivity contribution in [2.45, 2.75) is 44.7 Å². The number of hydrogen-bond donors (Lipinski definition) is 1. The van der Waals surface area contributed by atoms with Gasteiger partial charge < -0.3 is 19.7 Å². The van der Waals surface area contributed by atoms with E-state index in [1.807, 2.05) is 33.7 Å². The number of guanidine groups is 1. The molecule has 2 aliphatic heterocycles. The quantitative estimate of drug-likeness (QED) is 0.440. The Balaban J connectivity index is 1.46. The van der Waals surface area contributed by atoms with Gasteiger partial charge in [-0.2, -0.15) is 0 Å². The predicted octanol–water partition coefficient (Wildman–Crippen LogP) is 1.28. The Bertz CT molecular complexity index is 673. The lowest BCUT2D eigenvalue weighted by Gasteiger charge is -2.39. The molecule has 0 spiro atoms. The number of amides is 1. The highest BCUT2D eigenvalue weighted by molar-refractivity contribution is 5.81. The fourth-order valence-corrected chi connectivity index (χ4v) is 4.58. The molecule has 3 heterocycles. The van der Waals surface area contributed by atoms with E-state index in [-0.39, 0.29) is 11.9 Å². The van der Waals surface area contributed by atoms with Crippen LogP contribution >= 0.6 is 0 Å². The van der Waals surface area contributed by atoms with Gasteiger partial charge in [0.15, 0.2) is 5.96 Å². The number of aliphatic imine (C=N–C) groups is 1. The number of hydrogen-bond acceptors (Lipinski definition) is 4. The molecule has 162 valence electrons. The highest BCUT2D eigenvalue weighted by Gasteiger charge is 2.31. The molecule has 1 aromatic rings. The molecule has 2 saturated heterocycles. The van der Waals surface area contributed by atoms with E-state index in [9.17, 15) is 4.79 Å². The van der Waals surface area contributed by atoms with E-state index in [2.05, 4.69) is 42.8 Å². The van der Waals surface area contributed by atoms with Gasteiger partial charge in [0.1, 0.15) is 0 Å². The summed E-state index contributed by atoms with van der Waals surface area (Å²) in [6, 6.07) is 0.482. The molecule has 0 saturated carbocycles. The Morgan fingerprint density at radius 1 is 1.31 bits per heavy atom. The first-order chi connectivity index (χ1) is 14.0. The summed E-state index contributed by atoms with van der Waals surface area (Å²) >= 11 is 0. The van der Waals surface area contributed by atoms with E-state index in [0.29, 0.717) is 12.0 Å². The summed E-state index contributed by atoms with van der Waals surface area (Å²) < 4.78 is 2.22. The molecule has 0 bridgehead atoms. The van der Waals surface area contributed by atoms with E-state index in [1.165, 1.54) is 0 Å². The van der Waals surface area contributed by atoms with Crippen molar-refractivity contribution < 1.29 is 4.79 Å². The molecule has 3 unspecified atom stereocenters. The summed E-state index contributed by atoms with van der Waals surface area (Å²) in [4.78, 5) is 27.5. The van der Waals surface area contributed by atoms with Crippen LogP contribution in [0, 0.1) is 5.92 Å². The van der Waals surface area contributed by atoms with E-state index in [1.54, 1.807) is 4.90 Å². The van der Waals surface area contributed by atoms with Crippen molar-refractivity contribution in [1.82, 2.24) is 29.6 Å². The van der Waals surface area contributed by atoms with Gasteiger partial charge in [-0.25, -0.2) is 4.98 Å². The Labute approximate surface area is 175 Å². The summed E-state index contributed by atoms with van der Waals surface area (Å²) in [5.74, 6) is 1.84. The predicted molar refractivity (Wildman–Crippen MR) is 116 cm³/mol. The summed E-state index contributed by atoms with van der Waals surface area (Å²) in [5.41, 5.74) is 0. The second-order valence-electron chi connectivity index (χ2n) is 8.54. The highest BCUT2D eigenvalue weighted by Crippen LogP contribution is 2.27. The Hall–Kier alpha value is -2.09. The van der Waals surface area contributed by atoms with Crippen LogP contribution in [-0.4, -0.2) is 96.0 Å². The number of carbonyl (C=O) groups excluding carboxylic acids is 1. The van der Waals surface area contributed by atoms with Crippen molar-refractivity contribution >= 4 is 11.9 Å². The molecule has 0 aromatic carbocycles. The van der Waals surface area contributed by atoms with Crippen LogP contribution < -0.4 is 5.32 Å². The molecule has 2 aliphatic rings. The molecular formula is C21H37N7O. The lowest BCUT2D eigenvalue weighted by atomic mass is 9.93. The third-order valence-electron chi connectivity index (χ3n) is 6.33. The molecule has 2 fully saturated rings. The minimum atomic E-state index is 0.0591. The molecule has 0 aliphatic carbocycles. The number of rotatable bonds is 6. The largest absolute Gasteiger partial charge is 0.356 e. The van der Waals surface area contributed by atoms with Crippen LogP contribution in [0.1, 0.15) is 38.6 Å². The first-order valence-electron chi connectivity index (χ1n) is 10.9. The van der Waals surface area contributed by atoms with Crippen LogP contribution in [0.4, 0.5) is 0 Å². The molecule has 1 aromatic heterocycles. The van der Waals surface area contributed by atoms with E-state index >= 15 is 0 Å². The Morgan fingerprint density at radius 3 is 2.83 bits per heavy atom. The van der Waals surface area contributed by atoms with Crippen molar-refractivity contribution in [1.29, 1.82) is 0 Å². The summed E-state index contributed by atoms with van der Waals surface area (Å²) in [6.07, 6.45) is 10.1. The zero-order chi connectivity index (χ0) is 20.8. The van der Waals surface area contributed by atoms with Gasteiger partial charge in [-0.05, 0) is 38.1 Å². The third-order valence-corrected chi connectivity index (χ3v) is 6.33. The van der Waals surface area contributed by atoms with Gasteiger partial charge in [-0.3, -0.25) is 14.7 Å². The van der Waals surface area contributed by atoms with Gasteiger partial charge in [0, 0.05) is 59.7 Å². The minimum absolute atomic E-state index is 0.0591. The molecule has 8 nitrogen and oxygen atoms in total. The first-order valence-corrected chi connectivity index (χ1v) is 10.9. The number of likely N-dealkylation sites (N-methyl/N-ethyl adjacent to an activating group) is 1. The van der Waals surface area contributed by atoms with Gasteiger partial charge in [0.25, 0.3) is 0 Å². The van der Waals surface area contributed by atoms with Crippen LogP contribution in [0.5, 0.6) is 0 Å². The molecule has 3 atom stereocenters. The number of aromatic nitrogens is 2. The van der Waals surface area contributed by atoms with Crippen LogP contribution in [0.25, 0.3) is 0 Å². The van der Waals surface area contributed by atoms with Crippen molar-refractivity contribution in [2.24, 2.45) is 10.9 Å². The molecule has 8 heteroatoms. The van der Waals surface area contributed by atoms with Gasteiger partial charge in [-0.15, -0.1) is 0 Å². The average Bonchev–Trinajstić information content (AvgIpc) is 3.40. The summed E-state index contributed by atoms with van der Waals surface area (Å²) in [6.45, 7) is 7.13. The lowest BCUT2D eigenvalue weighted by Crippen LogP contribution is -2.49. The molecule has 0 radical (unpaired) electrons. The van der Waals surface area contributed by atoms with Gasteiger partial charge in [-0.1, -0.05) is 6.92 Å². The number of piperidine rings is 1. The van der Waals surface area contributed by atoms with Crippen molar-refractivity contribution in [3.8, 4) is 0 Å². The second-order valence-corrected chi connectivity index (χ2v) is 8.54. The van der Waals surface area contributed by atoms with Crippen LogP contribution in [0.3, 0.4) is 0 Å². The lowest BCUT2D eigenvalue weighted by molar-refractivity contribution is -0.133. The zero-order valence-electron chi connectivity index (χ0n) is 18.4. The van der Waals surface area contributed by atoms with Crippen LogP contribution in [-0.2, 0) is 4.79 Å². The molecule has 3 rings (SSSR count). The Kier molecular flexibility index (Phi) is 7.52. The maximum absolute atomic E-state index is 12.3. The average molecular weight is 404 g/mol. The summed E-state index contributed by atoms with van der Waals surface area (Å²) in [5, 5.41) is 3.54. The SMILES string of the molecule is CN=C(NCCCN1CCCC1C(=O)N(C)C)N1CCC(C)C(n2ccnc2)C1. The number of carbonyl (C=O) groups is 1. The number of likely N-dealkylation sites (tertiary alicyclic amines) is 2. The fraction of sp³-hybridized carbons (Fsp3) is 0.762. The minimum Gasteiger partial charge on any atom is -0.356 e. The normalized spacial score (nSPS) is 26.0. The first kappa shape index (κ1) is 21.6. The van der Waals surface area contributed by atoms with E-state index < -0.39 is 0 Å². The molecule has 29 heavy (non-hydrogen) atoms. The maximum Gasteiger partial charge on any atom is 0.239 e. The third kappa shape index (κ3) is 5.29. The standard InChI is InChI=1S/C21H37N7O/c1-17-8-13-27(15-19(17)28-14-10-23-16-28)21(22-2)24-9-6-12-26-11-5-7-18(26)20(29)25(3)4/h10,14,16-19H,5-9,11-13,15H2,1-4H3,(H,22,24). The molecule has 1 N–H and O–H groups in total. The topological polar surface area (TPSA) is 69.0 Å². The number of imidazole rings is 1. The molecule has 1 amide bonds. The van der Waals surface area contributed by atoms with E-state index in [0.717, 1.165) is 64.4 Å². The van der Waals surface area contributed by atoms with Crippen LogP contribution in [0.15, 0.2) is 23.7 Å². The van der Waals surface area contributed by atoms with Crippen molar-refractivity contribution in [3.63, 3.8) is 0 Å². The zero-order valence-corrected chi connectivity index (χ0v) is 18.4. The van der Waals surface area contributed by atoms with Crippen LogP contribution in [0.2, 0.25) is 0 Å². The van der Waals surface area contributed by atoms with Gasteiger partial charge in [0.05, 0.1) is 18.4 Å². The van der Waals surface area contributed by atoms with Crippen molar-refractivity contribution in [2.75, 3.05) is 53.9 Å².